The van der Waals surface area contributed by atoms with Gasteiger partial charge in [-0.25, -0.2) is 4.79 Å². The third-order valence-corrected chi connectivity index (χ3v) is 5.29. The van der Waals surface area contributed by atoms with Gasteiger partial charge in [-0.15, -0.1) is 6.42 Å². The number of terminal acetylenes is 1. The largest absolute Gasteiger partial charge is 0.493 e. The quantitative estimate of drug-likeness (QED) is 0.302. The highest BCUT2D eigenvalue weighted by molar-refractivity contribution is 9.10. The summed E-state index contributed by atoms with van der Waals surface area (Å²) in [5, 5.41) is 2.21. The van der Waals surface area contributed by atoms with Crippen LogP contribution in [0.2, 0.25) is 0 Å². The Bertz CT molecular complexity index is 1180. The Kier molecular flexibility index (Phi) is 8.33. The third-order valence-electron chi connectivity index (χ3n) is 4.80. The third kappa shape index (κ3) is 5.77. The second kappa shape index (κ2) is 11.4. The molecule has 0 unspecified atom stereocenters. The molecule has 0 spiro atoms. The van der Waals surface area contributed by atoms with Crippen LogP contribution in [-0.4, -0.2) is 43.1 Å². The average molecular weight is 527 g/mol. The molecule has 1 N–H and O–H groups in total. The van der Waals surface area contributed by atoms with E-state index in [1.165, 1.54) is 13.2 Å². The van der Waals surface area contributed by atoms with Gasteiger partial charge in [-0.2, -0.15) is 0 Å². The molecule has 0 aliphatic carbocycles. The molecule has 9 heteroatoms. The number of hydrogen-bond donors (Lipinski definition) is 1. The maximum Gasteiger partial charge on any atom is 0.331 e. The lowest BCUT2D eigenvalue weighted by Crippen LogP contribution is -2.53. The maximum atomic E-state index is 13.2. The monoisotopic (exact) mass is 526 g/mol. The lowest BCUT2D eigenvalue weighted by molar-refractivity contribution is -0.130. The van der Waals surface area contributed by atoms with Gasteiger partial charge in [0, 0.05) is 10.0 Å². The minimum absolute atomic E-state index is 0.0162. The van der Waals surface area contributed by atoms with Crippen molar-refractivity contribution < 1.29 is 28.6 Å². The molecule has 1 aliphatic heterocycles. The van der Waals surface area contributed by atoms with Crippen molar-refractivity contribution in [3.63, 3.8) is 0 Å². The Morgan fingerprint density at radius 2 is 1.85 bits per heavy atom. The predicted molar refractivity (Wildman–Crippen MR) is 129 cm³/mol. The summed E-state index contributed by atoms with van der Waals surface area (Å²) in [6.07, 6.45) is 7.47. The van der Waals surface area contributed by atoms with Crippen LogP contribution < -0.4 is 19.5 Å². The van der Waals surface area contributed by atoms with E-state index in [9.17, 15) is 14.4 Å². The molecule has 3 rings (SSSR count). The van der Waals surface area contributed by atoms with Crippen molar-refractivity contribution in [2.75, 3.05) is 20.3 Å². The number of barbiturate groups is 1. The molecule has 8 nitrogen and oxygen atoms in total. The van der Waals surface area contributed by atoms with E-state index in [4.69, 9.17) is 20.6 Å². The van der Waals surface area contributed by atoms with Crippen LogP contribution in [0.15, 0.2) is 46.4 Å². The zero-order chi connectivity index (χ0) is 24.7. The van der Waals surface area contributed by atoms with E-state index in [0.29, 0.717) is 39.5 Å². The van der Waals surface area contributed by atoms with Gasteiger partial charge in [-0.05, 0) is 48.4 Å². The van der Waals surface area contributed by atoms with E-state index in [1.807, 2.05) is 6.92 Å². The summed E-state index contributed by atoms with van der Waals surface area (Å²) in [7, 11) is 1.51. The molecule has 4 amide bonds. The number of amides is 4. The van der Waals surface area contributed by atoms with Gasteiger partial charge in [0.05, 0.1) is 20.3 Å². The van der Waals surface area contributed by atoms with Crippen LogP contribution in [0.3, 0.4) is 0 Å². The number of carbonyl (C=O) groups is 3. The predicted octanol–water partition coefficient (Wildman–Crippen LogP) is 3.92. The van der Waals surface area contributed by atoms with Crippen molar-refractivity contribution in [2.24, 2.45) is 0 Å². The molecule has 0 atom stereocenters. The summed E-state index contributed by atoms with van der Waals surface area (Å²) in [5.74, 6) is 2.28. The highest BCUT2D eigenvalue weighted by atomic mass is 79.9. The second-order valence-electron chi connectivity index (χ2n) is 7.22. The van der Waals surface area contributed by atoms with Gasteiger partial charge < -0.3 is 14.2 Å². The van der Waals surface area contributed by atoms with Crippen molar-refractivity contribution in [2.45, 2.75) is 19.9 Å². The van der Waals surface area contributed by atoms with Crippen LogP contribution in [0.5, 0.6) is 17.2 Å². The van der Waals surface area contributed by atoms with E-state index in [0.717, 1.165) is 11.3 Å². The Morgan fingerprint density at radius 3 is 2.56 bits per heavy atom. The molecule has 1 fully saturated rings. The van der Waals surface area contributed by atoms with E-state index >= 15 is 0 Å². The maximum absolute atomic E-state index is 13.2. The van der Waals surface area contributed by atoms with Crippen LogP contribution in [0.25, 0.3) is 6.08 Å². The van der Waals surface area contributed by atoms with E-state index in [1.54, 1.807) is 36.4 Å². The Labute approximate surface area is 206 Å². The van der Waals surface area contributed by atoms with Crippen LogP contribution in [0.1, 0.15) is 24.5 Å². The van der Waals surface area contributed by atoms with Gasteiger partial charge in [-0.1, -0.05) is 34.8 Å². The van der Waals surface area contributed by atoms with Crippen LogP contribution in [0, 0.1) is 12.3 Å². The first-order valence-corrected chi connectivity index (χ1v) is 11.2. The molecule has 1 saturated heterocycles. The summed E-state index contributed by atoms with van der Waals surface area (Å²) in [4.78, 5) is 39.1. The van der Waals surface area contributed by atoms with E-state index < -0.39 is 17.8 Å². The Balaban J connectivity index is 1.90. The number of benzene rings is 2. The zero-order valence-corrected chi connectivity index (χ0v) is 20.3. The molecule has 0 bridgehead atoms. The van der Waals surface area contributed by atoms with Crippen LogP contribution in [-0.2, 0) is 16.1 Å². The van der Waals surface area contributed by atoms with Crippen molar-refractivity contribution in [1.29, 1.82) is 0 Å². The number of carbonyl (C=O) groups excluding carboxylic acids is 3. The fraction of sp³-hybridized carbons (Fsp3) is 0.240. The number of methoxy groups -OCH3 is 1. The van der Waals surface area contributed by atoms with Crippen molar-refractivity contribution in [3.8, 4) is 29.6 Å². The van der Waals surface area contributed by atoms with Gasteiger partial charge in [-0.3, -0.25) is 19.8 Å². The summed E-state index contributed by atoms with van der Waals surface area (Å²) in [6.45, 7) is 2.47. The SMILES string of the molecule is C#CCOc1ccc(Br)cc1/C=C1\C(=O)NC(=O)N(Cc2ccc(OCCC)c(OC)c2)C1=O. The highest BCUT2D eigenvalue weighted by Gasteiger charge is 2.36. The number of halogens is 1. The van der Waals surface area contributed by atoms with Crippen molar-refractivity contribution >= 4 is 39.9 Å². The van der Waals surface area contributed by atoms with Crippen molar-refractivity contribution in [1.82, 2.24) is 10.2 Å². The average Bonchev–Trinajstić information content (AvgIpc) is 2.82. The molecule has 0 saturated carbocycles. The number of nitrogens with one attached hydrogen (secondary N) is 1. The van der Waals surface area contributed by atoms with Crippen LogP contribution in [0.4, 0.5) is 4.79 Å². The zero-order valence-electron chi connectivity index (χ0n) is 18.7. The number of urea groups is 1. The summed E-state index contributed by atoms with van der Waals surface area (Å²) in [6, 6.07) is 9.41. The number of nitrogens with zero attached hydrogens (tertiary/aromatic N) is 1. The van der Waals surface area contributed by atoms with Gasteiger partial charge in [0.2, 0.25) is 0 Å². The highest BCUT2D eigenvalue weighted by Crippen LogP contribution is 2.30. The standard InChI is InChI=1S/C25H23BrN2O6/c1-4-10-33-20-9-7-18(26)13-17(20)14-19-23(29)27-25(31)28(24(19)30)15-16-6-8-21(34-11-5-2)22(12-16)32-3/h1,6-9,12-14H,5,10-11,15H2,2-3H3,(H,27,29,31)/b19-14+. The number of rotatable bonds is 9. The molecule has 1 heterocycles. The molecular weight excluding hydrogens is 504 g/mol. The minimum Gasteiger partial charge on any atom is -0.493 e. The number of imide groups is 2. The molecule has 2 aromatic carbocycles. The molecule has 1 aliphatic rings. The first-order chi connectivity index (χ1) is 16.4. The fourth-order valence-corrected chi connectivity index (χ4v) is 3.58. The smallest absolute Gasteiger partial charge is 0.331 e. The minimum atomic E-state index is -0.810. The Hall–Kier alpha value is -3.77. The fourth-order valence-electron chi connectivity index (χ4n) is 3.20. The molecule has 0 radical (unpaired) electrons. The van der Waals surface area contributed by atoms with Gasteiger partial charge >= 0.3 is 6.03 Å². The van der Waals surface area contributed by atoms with Gasteiger partial charge in [0.25, 0.3) is 11.8 Å². The molecule has 34 heavy (non-hydrogen) atoms. The van der Waals surface area contributed by atoms with Gasteiger partial charge in [0.15, 0.2) is 11.5 Å². The van der Waals surface area contributed by atoms with Gasteiger partial charge in [0.1, 0.15) is 17.9 Å². The summed E-state index contributed by atoms with van der Waals surface area (Å²) < 4.78 is 17.2. The topological polar surface area (TPSA) is 94.2 Å². The van der Waals surface area contributed by atoms with E-state index in [2.05, 4.69) is 27.2 Å². The van der Waals surface area contributed by atoms with E-state index in [-0.39, 0.29) is 18.7 Å². The molecule has 2 aromatic rings. The molecule has 0 aromatic heterocycles. The molecular formula is C25H23BrN2O6. The number of ether oxygens (including phenoxy) is 3. The Morgan fingerprint density at radius 1 is 1.09 bits per heavy atom. The lowest BCUT2D eigenvalue weighted by atomic mass is 10.1. The summed E-state index contributed by atoms with van der Waals surface area (Å²) >= 11 is 3.36. The van der Waals surface area contributed by atoms with Crippen LogP contribution >= 0.6 is 15.9 Å². The second-order valence-corrected chi connectivity index (χ2v) is 8.13. The summed E-state index contributed by atoms with van der Waals surface area (Å²) in [5.41, 5.74) is 0.869. The first kappa shape index (κ1) is 24.9. The molecule has 176 valence electrons. The van der Waals surface area contributed by atoms with Crippen molar-refractivity contribution in [3.05, 3.63) is 57.6 Å². The lowest BCUT2D eigenvalue weighted by Gasteiger charge is -2.26. The number of hydrogen-bond acceptors (Lipinski definition) is 6. The first-order valence-electron chi connectivity index (χ1n) is 10.4. The normalized spacial score (nSPS) is 14.6.